The van der Waals surface area contributed by atoms with Gasteiger partial charge in [0.1, 0.15) is 23.6 Å². The number of nitrogens with one attached hydrogen (secondary N) is 2. The van der Waals surface area contributed by atoms with Crippen LogP contribution in [0, 0.1) is 6.92 Å². The second-order valence-electron chi connectivity index (χ2n) is 3.75. The monoisotopic (exact) mass is 316 g/mol. The fourth-order valence-corrected chi connectivity index (χ4v) is 2.03. The number of alkyl halides is 3. The molecular formula is C9H11F3N2O5S. The van der Waals surface area contributed by atoms with Crippen molar-refractivity contribution < 1.29 is 35.9 Å². The number of carboxylic acids is 1. The highest BCUT2D eigenvalue weighted by Gasteiger charge is 2.29. The van der Waals surface area contributed by atoms with Crippen LogP contribution in [0.2, 0.25) is 0 Å². The van der Waals surface area contributed by atoms with Crippen LogP contribution in [0.1, 0.15) is 21.9 Å². The number of hydrogen-bond acceptors (Lipinski definition) is 4. The SMILES string of the molecule is Cc1oc(CNS(=O)(=O)NCC(F)(F)F)cc1C(=O)O. The summed E-state index contributed by atoms with van der Waals surface area (Å²) in [5.41, 5.74) is -0.151. The summed E-state index contributed by atoms with van der Waals surface area (Å²) in [6.45, 7) is -0.815. The summed E-state index contributed by atoms with van der Waals surface area (Å²) in [6, 6.07) is 1.09. The molecule has 0 aliphatic heterocycles. The minimum atomic E-state index is -4.67. The Hall–Kier alpha value is -1.59. The minimum Gasteiger partial charge on any atom is -0.478 e. The maximum atomic E-state index is 11.9. The molecule has 0 amide bonds. The standard InChI is InChI=1S/C9H11F3N2O5S/c1-5-7(8(15)16)2-6(19-5)3-13-20(17,18)14-4-9(10,11)12/h2,13-14H,3-4H2,1H3,(H,15,16). The number of furan rings is 1. The van der Waals surface area contributed by atoms with Crippen molar-refractivity contribution in [2.24, 2.45) is 0 Å². The van der Waals surface area contributed by atoms with E-state index >= 15 is 0 Å². The average Bonchev–Trinajstić information content (AvgIpc) is 2.65. The lowest BCUT2D eigenvalue weighted by atomic mass is 10.2. The first-order chi connectivity index (χ1) is 9.00. The molecule has 1 heterocycles. The number of rotatable bonds is 6. The normalized spacial score (nSPS) is 12.6. The summed E-state index contributed by atoms with van der Waals surface area (Å²) < 4.78 is 66.0. The topological polar surface area (TPSA) is 109 Å². The molecule has 0 spiro atoms. The van der Waals surface area contributed by atoms with Crippen molar-refractivity contribution in [3.8, 4) is 0 Å². The zero-order valence-electron chi connectivity index (χ0n) is 10.1. The van der Waals surface area contributed by atoms with E-state index in [-0.39, 0.29) is 17.1 Å². The van der Waals surface area contributed by atoms with Gasteiger partial charge in [0.05, 0.1) is 6.54 Å². The lowest BCUT2D eigenvalue weighted by molar-refractivity contribution is -0.121. The third-order valence-corrected chi connectivity index (χ3v) is 3.15. The quantitative estimate of drug-likeness (QED) is 0.718. The summed E-state index contributed by atoms with van der Waals surface area (Å²) in [6.07, 6.45) is -4.67. The number of carboxylic acid groups (broad SMARTS) is 1. The van der Waals surface area contributed by atoms with Crippen LogP contribution in [0.25, 0.3) is 0 Å². The first kappa shape index (κ1) is 16.5. The highest BCUT2D eigenvalue weighted by Crippen LogP contribution is 2.15. The molecule has 0 radical (unpaired) electrons. The van der Waals surface area contributed by atoms with Crippen molar-refractivity contribution in [1.29, 1.82) is 0 Å². The van der Waals surface area contributed by atoms with Crippen molar-refractivity contribution in [3.05, 3.63) is 23.2 Å². The van der Waals surface area contributed by atoms with Gasteiger partial charge in [-0.3, -0.25) is 0 Å². The molecular weight excluding hydrogens is 305 g/mol. The molecule has 1 aromatic heterocycles. The Bertz CT molecular complexity index is 593. The van der Waals surface area contributed by atoms with E-state index in [1.54, 1.807) is 4.72 Å². The summed E-state index contributed by atoms with van der Waals surface area (Å²) >= 11 is 0. The van der Waals surface area contributed by atoms with Crippen LogP contribution < -0.4 is 9.44 Å². The molecule has 3 N–H and O–H groups in total. The number of aryl methyl sites for hydroxylation is 1. The van der Waals surface area contributed by atoms with Gasteiger partial charge in [0.2, 0.25) is 0 Å². The zero-order valence-corrected chi connectivity index (χ0v) is 10.9. The first-order valence-corrected chi connectivity index (χ1v) is 6.62. The zero-order chi connectivity index (χ0) is 15.6. The van der Waals surface area contributed by atoms with E-state index in [1.165, 1.54) is 11.6 Å². The van der Waals surface area contributed by atoms with Crippen molar-refractivity contribution >= 4 is 16.2 Å². The van der Waals surface area contributed by atoms with E-state index in [0.717, 1.165) is 6.07 Å². The molecule has 0 fully saturated rings. The summed E-state index contributed by atoms with van der Waals surface area (Å²) in [7, 11) is -4.36. The van der Waals surface area contributed by atoms with Crippen molar-refractivity contribution in [3.63, 3.8) is 0 Å². The Labute approximate surface area is 111 Å². The first-order valence-electron chi connectivity index (χ1n) is 5.14. The average molecular weight is 316 g/mol. The molecule has 7 nitrogen and oxygen atoms in total. The van der Waals surface area contributed by atoms with Crippen molar-refractivity contribution in [2.75, 3.05) is 6.54 Å². The molecule has 0 saturated carbocycles. The fraction of sp³-hybridized carbons (Fsp3) is 0.444. The van der Waals surface area contributed by atoms with Crippen LogP contribution in [-0.4, -0.2) is 32.2 Å². The molecule has 0 aromatic carbocycles. The molecule has 0 saturated heterocycles. The third-order valence-electron chi connectivity index (χ3n) is 2.10. The molecule has 0 bridgehead atoms. The van der Waals surface area contributed by atoms with Crippen LogP contribution in [0.4, 0.5) is 13.2 Å². The lowest BCUT2D eigenvalue weighted by Gasteiger charge is -2.09. The molecule has 0 aliphatic carbocycles. The van der Waals surface area contributed by atoms with Crippen LogP contribution >= 0.6 is 0 Å². The highest BCUT2D eigenvalue weighted by molar-refractivity contribution is 7.87. The smallest absolute Gasteiger partial charge is 0.402 e. The van der Waals surface area contributed by atoms with Gasteiger partial charge in [0, 0.05) is 0 Å². The van der Waals surface area contributed by atoms with E-state index in [9.17, 15) is 26.4 Å². The predicted octanol–water partition coefficient (Wildman–Crippen LogP) is 0.773. The molecule has 114 valence electrons. The summed E-state index contributed by atoms with van der Waals surface area (Å²) in [4.78, 5) is 10.7. The Morgan fingerprint density at radius 3 is 2.45 bits per heavy atom. The molecule has 1 rings (SSSR count). The maximum absolute atomic E-state index is 11.9. The van der Waals surface area contributed by atoms with Gasteiger partial charge >= 0.3 is 12.1 Å². The summed E-state index contributed by atoms with van der Waals surface area (Å²) in [5, 5.41) is 8.74. The van der Waals surface area contributed by atoms with Crippen LogP contribution in [0.15, 0.2) is 10.5 Å². The molecule has 0 aliphatic rings. The van der Waals surface area contributed by atoms with E-state index < -0.39 is 35.4 Å². The molecule has 0 unspecified atom stereocenters. The molecule has 20 heavy (non-hydrogen) atoms. The van der Waals surface area contributed by atoms with Gasteiger partial charge in [-0.1, -0.05) is 0 Å². The van der Waals surface area contributed by atoms with Gasteiger partial charge in [0.25, 0.3) is 10.2 Å². The Morgan fingerprint density at radius 1 is 1.40 bits per heavy atom. The van der Waals surface area contributed by atoms with E-state index in [1.807, 2.05) is 0 Å². The van der Waals surface area contributed by atoms with Gasteiger partial charge in [-0.15, -0.1) is 0 Å². The largest absolute Gasteiger partial charge is 0.478 e. The Balaban J connectivity index is 2.63. The predicted molar refractivity (Wildman–Crippen MR) is 60.2 cm³/mol. The Morgan fingerprint density at radius 2 is 2.00 bits per heavy atom. The second kappa shape index (κ2) is 5.81. The second-order valence-corrected chi connectivity index (χ2v) is 5.33. The molecule has 11 heteroatoms. The van der Waals surface area contributed by atoms with E-state index in [2.05, 4.69) is 0 Å². The van der Waals surface area contributed by atoms with Gasteiger partial charge in [0.15, 0.2) is 0 Å². The van der Waals surface area contributed by atoms with Gasteiger partial charge in [-0.05, 0) is 13.0 Å². The maximum Gasteiger partial charge on any atom is 0.402 e. The van der Waals surface area contributed by atoms with Crippen molar-refractivity contribution in [2.45, 2.75) is 19.6 Å². The summed E-state index contributed by atoms with van der Waals surface area (Å²) in [5.74, 6) is -1.22. The fourth-order valence-electron chi connectivity index (χ4n) is 1.24. The minimum absolute atomic E-state index is 0.0303. The van der Waals surface area contributed by atoms with Crippen LogP contribution in [0.5, 0.6) is 0 Å². The van der Waals surface area contributed by atoms with Crippen LogP contribution in [0.3, 0.4) is 0 Å². The van der Waals surface area contributed by atoms with Crippen LogP contribution in [-0.2, 0) is 16.8 Å². The number of halogens is 3. The van der Waals surface area contributed by atoms with E-state index in [0.29, 0.717) is 0 Å². The van der Waals surface area contributed by atoms with Gasteiger partial charge in [-0.2, -0.15) is 31.0 Å². The van der Waals surface area contributed by atoms with Gasteiger partial charge < -0.3 is 9.52 Å². The number of hydrogen-bond donors (Lipinski definition) is 3. The van der Waals surface area contributed by atoms with Crippen molar-refractivity contribution in [1.82, 2.24) is 9.44 Å². The highest BCUT2D eigenvalue weighted by atomic mass is 32.2. The molecule has 0 atom stereocenters. The molecule has 1 aromatic rings. The third kappa shape index (κ3) is 5.19. The number of carbonyl (C=O) groups is 1. The number of aromatic carboxylic acids is 1. The van der Waals surface area contributed by atoms with E-state index in [4.69, 9.17) is 9.52 Å². The lowest BCUT2D eigenvalue weighted by Crippen LogP contribution is -2.41. The Kier molecular flexibility index (Phi) is 4.78. The van der Waals surface area contributed by atoms with Gasteiger partial charge in [-0.25, -0.2) is 4.79 Å².